The number of unbranched alkanes of at least 4 members (excludes halogenated alkanes) is 11. The second-order valence-corrected chi connectivity index (χ2v) is 5.36. The first-order chi connectivity index (χ1) is 8.91. The minimum Gasteiger partial charge on any atom is -0.395 e. The van der Waals surface area contributed by atoms with Crippen LogP contribution in [0.15, 0.2) is 0 Å². The van der Waals surface area contributed by atoms with Crippen LogP contribution < -0.4 is 5.32 Å². The van der Waals surface area contributed by atoms with Crippen molar-refractivity contribution in [2.75, 3.05) is 19.7 Å². The van der Waals surface area contributed by atoms with Crippen molar-refractivity contribution in [2.45, 2.75) is 84.0 Å². The molecule has 2 nitrogen and oxygen atoms in total. The standard InChI is InChI=1S/C16H35NO.ClH/c1-2-3-4-5-6-7-8-9-10-11-12-13-14-17-15-16-18;/h17-18H,2-16H2,1H3;1H. The molecule has 0 aliphatic heterocycles. The molecule has 0 aromatic heterocycles. The Hall–Kier alpha value is 0.210. The molecule has 0 atom stereocenters. The van der Waals surface area contributed by atoms with Gasteiger partial charge in [0.1, 0.15) is 0 Å². The quantitative estimate of drug-likeness (QED) is 0.429. The Kier molecular flexibility index (Phi) is 23.2. The Morgan fingerprint density at radius 3 is 1.47 bits per heavy atom. The smallest absolute Gasteiger partial charge is 0.0555 e. The zero-order valence-corrected chi connectivity index (χ0v) is 13.8. The van der Waals surface area contributed by atoms with E-state index in [2.05, 4.69) is 12.2 Å². The van der Waals surface area contributed by atoms with Crippen molar-refractivity contribution in [1.82, 2.24) is 5.32 Å². The lowest BCUT2D eigenvalue weighted by atomic mass is 10.1. The second kappa shape index (κ2) is 20.5. The van der Waals surface area contributed by atoms with E-state index < -0.39 is 0 Å². The molecule has 0 bridgehead atoms. The van der Waals surface area contributed by atoms with Gasteiger partial charge in [0.15, 0.2) is 0 Å². The molecular weight excluding hydrogens is 258 g/mol. The Morgan fingerprint density at radius 2 is 1.05 bits per heavy atom. The fraction of sp³-hybridized carbons (Fsp3) is 1.00. The van der Waals surface area contributed by atoms with Crippen molar-refractivity contribution in [2.24, 2.45) is 0 Å². The summed E-state index contributed by atoms with van der Waals surface area (Å²) in [7, 11) is 0. The first-order valence-electron chi connectivity index (χ1n) is 8.23. The predicted molar refractivity (Wildman–Crippen MR) is 88.3 cm³/mol. The van der Waals surface area contributed by atoms with Crippen LogP contribution in [0, 0.1) is 0 Å². The maximum atomic E-state index is 8.59. The Morgan fingerprint density at radius 1 is 0.632 bits per heavy atom. The van der Waals surface area contributed by atoms with Crippen molar-refractivity contribution in [1.29, 1.82) is 0 Å². The van der Waals surface area contributed by atoms with Crippen LogP contribution >= 0.6 is 12.4 Å². The van der Waals surface area contributed by atoms with Crippen LogP contribution in [0.3, 0.4) is 0 Å². The zero-order valence-electron chi connectivity index (χ0n) is 13.0. The first kappa shape index (κ1) is 21.5. The van der Waals surface area contributed by atoms with E-state index >= 15 is 0 Å². The van der Waals surface area contributed by atoms with Crippen molar-refractivity contribution >= 4 is 12.4 Å². The summed E-state index contributed by atoms with van der Waals surface area (Å²) in [6.07, 6.45) is 16.8. The number of rotatable bonds is 15. The fourth-order valence-corrected chi connectivity index (χ4v) is 2.30. The van der Waals surface area contributed by atoms with E-state index in [1.165, 1.54) is 77.0 Å². The van der Waals surface area contributed by atoms with E-state index in [0.29, 0.717) is 0 Å². The van der Waals surface area contributed by atoms with Crippen LogP contribution in [0.5, 0.6) is 0 Å². The van der Waals surface area contributed by atoms with Crippen molar-refractivity contribution in [3.8, 4) is 0 Å². The van der Waals surface area contributed by atoms with Gasteiger partial charge in [0.05, 0.1) is 6.61 Å². The predicted octanol–water partition coefficient (Wildman–Crippen LogP) is 4.69. The van der Waals surface area contributed by atoms with Gasteiger partial charge in [-0.2, -0.15) is 0 Å². The number of halogens is 1. The molecule has 0 aliphatic carbocycles. The third-order valence-electron chi connectivity index (χ3n) is 3.50. The van der Waals surface area contributed by atoms with Gasteiger partial charge in [-0.3, -0.25) is 0 Å². The van der Waals surface area contributed by atoms with Crippen molar-refractivity contribution in [3.63, 3.8) is 0 Å². The molecule has 19 heavy (non-hydrogen) atoms. The highest BCUT2D eigenvalue weighted by molar-refractivity contribution is 5.85. The molecule has 118 valence electrons. The molecule has 2 N–H and O–H groups in total. The van der Waals surface area contributed by atoms with Gasteiger partial charge in [0.2, 0.25) is 0 Å². The summed E-state index contributed by atoms with van der Waals surface area (Å²) >= 11 is 0. The van der Waals surface area contributed by atoms with E-state index in [9.17, 15) is 0 Å². The monoisotopic (exact) mass is 293 g/mol. The van der Waals surface area contributed by atoms with Gasteiger partial charge in [0, 0.05) is 6.54 Å². The fourth-order valence-electron chi connectivity index (χ4n) is 2.30. The Balaban J connectivity index is 0. The molecule has 0 aliphatic rings. The Labute approximate surface area is 127 Å². The van der Waals surface area contributed by atoms with Crippen molar-refractivity contribution < 1.29 is 5.11 Å². The highest BCUT2D eigenvalue weighted by Gasteiger charge is 1.93. The summed E-state index contributed by atoms with van der Waals surface area (Å²) in [6.45, 7) is 4.35. The lowest BCUT2D eigenvalue weighted by Crippen LogP contribution is -2.19. The zero-order chi connectivity index (χ0) is 13.3. The molecule has 3 heteroatoms. The molecule has 0 aromatic carbocycles. The molecule has 0 saturated carbocycles. The normalized spacial score (nSPS) is 10.4. The summed E-state index contributed by atoms with van der Waals surface area (Å²) in [6, 6.07) is 0. The van der Waals surface area contributed by atoms with Gasteiger partial charge in [-0.25, -0.2) is 0 Å². The third-order valence-corrected chi connectivity index (χ3v) is 3.50. The molecule has 0 aromatic rings. The number of nitrogens with one attached hydrogen (secondary N) is 1. The minimum absolute atomic E-state index is 0. The van der Waals surface area contributed by atoms with Gasteiger partial charge >= 0.3 is 0 Å². The largest absolute Gasteiger partial charge is 0.395 e. The van der Waals surface area contributed by atoms with E-state index in [0.717, 1.165) is 13.1 Å². The molecule has 0 unspecified atom stereocenters. The third kappa shape index (κ3) is 20.7. The summed E-state index contributed by atoms with van der Waals surface area (Å²) in [5.41, 5.74) is 0. The van der Waals surface area contributed by atoms with E-state index in [1.807, 2.05) is 0 Å². The Bertz CT molecular complexity index is 129. The van der Waals surface area contributed by atoms with E-state index in [-0.39, 0.29) is 19.0 Å². The summed E-state index contributed by atoms with van der Waals surface area (Å²) in [4.78, 5) is 0. The molecule has 0 heterocycles. The number of hydrogen-bond donors (Lipinski definition) is 2. The molecular formula is C16H36ClNO. The lowest BCUT2D eigenvalue weighted by molar-refractivity contribution is 0.292. The van der Waals surface area contributed by atoms with Crippen LogP contribution in [-0.4, -0.2) is 24.8 Å². The maximum absolute atomic E-state index is 8.59. The van der Waals surface area contributed by atoms with Crippen LogP contribution in [-0.2, 0) is 0 Å². The summed E-state index contributed by atoms with van der Waals surface area (Å²) in [5.74, 6) is 0. The van der Waals surface area contributed by atoms with E-state index in [4.69, 9.17) is 5.11 Å². The number of aliphatic hydroxyl groups excluding tert-OH is 1. The molecule has 0 radical (unpaired) electrons. The number of aliphatic hydroxyl groups is 1. The molecule has 0 rings (SSSR count). The van der Waals surface area contributed by atoms with Crippen LogP contribution in [0.25, 0.3) is 0 Å². The highest BCUT2D eigenvalue weighted by Crippen LogP contribution is 2.11. The maximum Gasteiger partial charge on any atom is 0.0555 e. The minimum atomic E-state index is 0. The molecule has 0 amide bonds. The van der Waals surface area contributed by atoms with Crippen LogP contribution in [0.4, 0.5) is 0 Å². The van der Waals surface area contributed by atoms with E-state index in [1.54, 1.807) is 0 Å². The average Bonchev–Trinajstić information content (AvgIpc) is 2.39. The van der Waals surface area contributed by atoms with Crippen molar-refractivity contribution in [3.05, 3.63) is 0 Å². The topological polar surface area (TPSA) is 32.3 Å². The van der Waals surface area contributed by atoms with Gasteiger partial charge < -0.3 is 10.4 Å². The van der Waals surface area contributed by atoms with Crippen LogP contribution in [0.2, 0.25) is 0 Å². The van der Waals surface area contributed by atoms with Gasteiger partial charge in [-0.1, -0.05) is 77.6 Å². The van der Waals surface area contributed by atoms with Gasteiger partial charge in [-0.05, 0) is 13.0 Å². The average molecular weight is 294 g/mol. The summed E-state index contributed by atoms with van der Waals surface area (Å²) < 4.78 is 0. The highest BCUT2D eigenvalue weighted by atomic mass is 35.5. The SMILES string of the molecule is CCCCCCCCCCCCCCNCCO.Cl. The molecule has 0 fully saturated rings. The first-order valence-corrected chi connectivity index (χ1v) is 8.23. The van der Waals surface area contributed by atoms with Gasteiger partial charge in [0.25, 0.3) is 0 Å². The lowest BCUT2D eigenvalue weighted by Gasteiger charge is -2.03. The van der Waals surface area contributed by atoms with Gasteiger partial charge in [-0.15, -0.1) is 12.4 Å². The number of hydrogen-bond acceptors (Lipinski definition) is 2. The molecule has 0 spiro atoms. The molecule has 0 saturated heterocycles. The second-order valence-electron chi connectivity index (χ2n) is 5.36. The van der Waals surface area contributed by atoms with Crippen LogP contribution in [0.1, 0.15) is 84.0 Å². The summed E-state index contributed by atoms with van der Waals surface area (Å²) in [5, 5.41) is 11.8.